The van der Waals surface area contributed by atoms with Crippen LogP contribution in [0.4, 0.5) is 0 Å². The van der Waals surface area contributed by atoms with Crippen LogP contribution in [-0.4, -0.2) is 37.2 Å². The Balaban J connectivity index is 4.52. The fraction of sp³-hybridized carbons (Fsp3) is 0.667. The Bertz CT molecular complexity index is 1280. The standard InChI is InChI=1S/C57H94O6/c1-4-7-10-13-16-19-22-25-28-31-34-37-40-43-46-49-55(58)61-52-54(63-57(60)51-48-45-42-39-36-33-30-27-24-21-18-15-12-9-6-3)53-62-56(59)50-47-44-41-38-35-32-29-26-23-20-17-14-11-8-5-2/h9,12,16-21,25-30,34,37,54H,4-8,10-11,13-15,22-24,31-33,35-36,38-53H2,1-3H3/b12-9-,19-16-,20-17-,21-18-,28-25-,29-26-,30-27-,37-34-/t54-/m1/s1. The van der Waals surface area contributed by atoms with E-state index in [1.165, 1.54) is 51.4 Å². The molecule has 0 spiro atoms. The van der Waals surface area contributed by atoms with Gasteiger partial charge in [0.05, 0.1) is 0 Å². The summed E-state index contributed by atoms with van der Waals surface area (Å²) in [4.78, 5) is 38.0. The molecule has 0 rings (SSSR count). The van der Waals surface area contributed by atoms with Crippen LogP contribution in [0.5, 0.6) is 0 Å². The predicted octanol–water partition coefficient (Wildman–Crippen LogP) is 17.0. The average molecular weight is 875 g/mol. The molecule has 0 aromatic carbocycles. The second kappa shape index (κ2) is 51.0. The lowest BCUT2D eigenvalue weighted by Gasteiger charge is -2.18. The summed E-state index contributed by atoms with van der Waals surface area (Å²) in [6.07, 6.45) is 66.7. The van der Waals surface area contributed by atoms with Gasteiger partial charge in [0.1, 0.15) is 13.2 Å². The summed E-state index contributed by atoms with van der Waals surface area (Å²) >= 11 is 0. The van der Waals surface area contributed by atoms with Crippen molar-refractivity contribution in [3.05, 3.63) is 97.2 Å². The third-order valence-electron chi connectivity index (χ3n) is 10.5. The first-order valence-corrected chi connectivity index (χ1v) is 25.7. The summed E-state index contributed by atoms with van der Waals surface area (Å²) in [7, 11) is 0. The third kappa shape index (κ3) is 49.2. The largest absolute Gasteiger partial charge is 0.462 e. The minimum atomic E-state index is -0.808. The van der Waals surface area contributed by atoms with Crippen molar-refractivity contribution in [3.8, 4) is 0 Å². The van der Waals surface area contributed by atoms with Crippen molar-refractivity contribution in [3.63, 3.8) is 0 Å². The number of hydrogen-bond acceptors (Lipinski definition) is 6. The summed E-state index contributed by atoms with van der Waals surface area (Å²) in [6.45, 7) is 6.40. The summed E-state index contributed by atoms with van der Waals surface area (Å²) in [5.41, 5.74) is 0. The van der Waals surface area contributed by atoms with E-state index in [0.29, 0.717) is 19.3 Å². The molecule has 0 saturated carbocycles. The molecule has 0 saturated heterocycles. The highest BCUT2D eigenvalue weighted by Crippen LogP contribution is 2.12. The van der Waals surface area contributed by atoms with Crippen molar-refractivity contribution in [2.24, 2.45) is 0 Å². The van der Waals surface area contributed by atoms with Crippen LogP contribution >= 0.6 is 0 Å². The fourth-order valence-electron chi connectivity index (χ4n) is 6.67. The zero-order valence-electron chi connectivity index (χ0n) is 40.8. The quantitative estimate of drug-likeness (QED) is 0.0262. The van der Waals surface area contributed by atoms with Gasteiger partial charge in [0.25, 0.3) is 0 Å². The topological polar surface area (TPSA) is 78.9 Å². The van der Waals surface area contributed by atoms with E-state index in [4.69, 9.17) is 14.2 Å². The average Bonchev–Trinajstić information content (AvgIpc) is 3.28. The summed E-state index contributed by atoms with van der Waals surface area (Å²) in [5, 5.41) is 0. The number of esters is 3. The number of rotatable bonds is 45. The first kappa shape index (κ1) is 59.3. The molecule has 0 aliphatic carbocycles. The first-order chi connectivity index (χ1) is 31.0. The molecule has 0 aliphatic heterocycles. The minimum absolute atomic E-state index is 0.105. The molecule has 63 heavy (non-hydrogen) atoms. The van der Waals surface area contributed by atoms with Crippen LogP contribution in [-0.2, 0) is 28.6 Å². The Morgan fingerprint density at radius 1 is 0.333 bits per heavy atom. The molecule has 0 aliphatic rings. The Morgan fingerprint density at radius 3 is 1.00 bits per heavy atom. The second-order valence-electron chi connectivity index (χ2n) is 16.7. The van der Waals surface area contributed by atoms with Crippen LogP contribution in [0.3, 0.4) is 0 Å². The Hall–Kier alpha value is -3.67. The van der Waals surface area contributed by atoms with Gasteiger partial charge in [0.15, 0.2) is 6.10 Å². The molecule has 0 fully saturated rings. The molecule has 0 unspecified atom stereocenters. The van der Waals surface area contributed by atoms with E-state index in [1.807, 2.05) is 0 Å². The first-order valence-electron chi connectivity index (χ1n) is 25.7. The van der Waals surface area contributed by atoms with Gasteiger partial charge in [-0.3, -0.25) is 14.4 Å². The number of ether oxygens (including phenoxy) is 3. The Morgan fingerprint density at radius 2 is 0.619 bits per heavy atom. The normalized spacial score (nSPS) is 12.9. The van der Waals surface area contributed by atoms with E-state index in [1.54, 1.807) is 0 Å². The lowest BCUT2D eigenvalue weighted by atomic mass is 10.1. The number of hydrogen-bond donors (Lipinski definition) is 0. The molecule has 0 aromatic rings. The fourth-order valence-corrected chi connectivity index (χ4v) is 6.67. The summed E-state index contributed by atoms with van der Waals surface area (Å²) in [6, 6.07) is 0. The van der Waals surface area contributed by atoms with Gasteiger partial charge < -0.3 is 14.2 Å². The molecule has 0 N–H and O–H groups in total. The van der Waals surface area contributed by atoms with Crippen molar-refractivity contribution < 1.29 is 28.6 Å². The van der Waals surface area contributed by atoms with Crippen molar-refractivity contribution in [1.82, 2.24) is 0 Å². The van der Waals surface area contributed by atoms with Crippen molar-refractivity contribution in [1.29, 1.82) is 0 Å². The number of carbonyl (C=O) groups is 3. The number of allylic oxidation sites excluding steroid dienone is 16. The lowest BCUT2D eigenvalue weighted by molar-refractivity contribution is -0.167. The van der Waals surface area contributed by atoms with Gasteiger partial charge >= 0.3 is 17.9 Å². The summed E-state index contributed by atoms with van der Waals surface area (Å²) < 4.78 is 16.7. The maximum absolute atomic E-state index is 12.8. The minimum Gasteiger partial charge on any atom is -0.462 e. The van der Waals surface area contributed by atoms with Crippen molar-refractivity contribution in [2.45, 2.75) is 232 Å². The van der Waals surface area contributed by atoms with E-state index in [-0.39, 0.29) is 31.1 Å². The van der Waals surface area contributed by atoms with E-state index in [2.05, 4.69) is 118 Å². The van der Waals surface area contributed by atoms with Crippen LogP contribution in [0.2, 0.25) is 0 Å². The number of carbonyl (C=O) groups excluding carboxylic acids is 3. The maximum atomic E-state index is 12.8. The highest BCUT2D eigenvalue weighted by atomic mass is 16.6. The van der Waals surface area contributed by atoms with Gasteiger partial charge in [-0.15, -0.1) is 0 Å². The monoisotopic (exact) mass is 875 g/mol. The van der Waals surface area contributed by atoms with Gasteiger partial charge in [-0.2, -0.15) is 0 Å². The van der Waals surface area contributed by atoms with Gasteiger partial charge in [0.2, 0.25) is 0 Å². The highest BCUT2D eigenvalue weighted by Gasteiger charge is 2.19. The van der Waals surface area contributed by atoms with E-state index < -0.39 is 6.10 Å². The molecular formula is C57H94O6. The van der Waals surface area contributed by atoms with Gasteiger partial charge in [-0.25, -0.2) is 0 Å². The summed E-state index contributed by atoms with van der Waals surface area (Å²) in [5.74, 6) is -0.979. The maximum Gasteiger partial charge on any atom is 0.306 e. The van der Waals surface area contributed by atoms with Gasteiger partial charge in [0, 0.05) is 19.3 Å². The molecule has 6 heteroatoms. The molecule has 358 valence electrons. The molecule has 0 radical (unpaired) electrons. The Labute approximate surface area is 387 Å². The molecule has 6 nitrogen and oxygen atoms in total. The zero-order valence-corrected chi connectivity index (χ0v) is 40.8. The predicted molar refractivity (Wildman–Crippen MR) is 270 cm³/mol. The van der Waals surface area contributed by atoms with E-state index in [0.717, 1.165) is 135 Å². The zero-order chi connectivity index (χ0) is 45.8. The molecule has 0 bridgehead atoms. The third-order valence-corrected chi connectivity index (χ3v) is 10.5. The second-order valence-corrected chi connectivity index (χ2v) is 16.7. The lowest BCUT2D eigenvalue weighted by Crippen LogP contribution is -2.30. The molecular weight excluding hydrogens is 781 g/mol. The molecule has 0 aromatic heterocycles. The highest BCUT2D eigenvalue weighted by molar-refractivity contribution is 5.71. The molecule has 0 amide bonds. The molecule has 1 atom stereocenters. The van der Waals surface area contributed by atoms with Crippen LogP contribution in [0.15, 0.2) is 97.2 Å². The van der Waals surface area contributed by atoms with Crippen LogP contribution in [0, 0.1) is 0 Å². The smallest absolute Gasteiger partial charge is 0.306 e. The van der Waals surface area contributed by atoms with Crippen LogP contribution < -0.4 is 0 Å². The van der Waals surface area contributed by atoms with Gasteiger partial charge in [-0.1, -0.05) is 182 Å². The van der Waals surface area contributed by atoms with Crippen molar-refractivity contribution in [2.75, 3.05) is 13.2 Å². The van der Waals surface area contributed by atoms with Crippen molar-refractivity contribution >= 4 is 17.9 Å². The number of unbranched alkanes of at least 4 members (excludes halogenated alkanes) is 18. The van der Waals surface area contributed by atoms with E-state index >= 15 is 0 Å². The van der Waals surface area contributed by atoms with Crippen LogP contribution in [0.25, 0.3) is 0 Å². The van der Waals surface area contributed by atoms with E-state index in [9.17, 15) is 14.4 Å². The molecule has 0 heterocycles. The Kier molecular flexibility index (Phi) is 48.0. The van der Waals surface area contributed by atoms with Gasteiger partial charge in [-0.05, 0) is 122 Å². The SMILES string of the molecule is CC/C=C\C/C=C\C/C=C\CCCCCCCC(=O)O[C@H](COC(=O)CCCC/C=C\C/C=C\C/C=C\CCCCC)COC(=O)CCCCCCC/C=C\C/C=C\CCCCC. The van der Waals surface area contributed by atoms with Crippen LogP contribution in [0.1, 0.15) is 226 Å².